The first-order valence-corrected chi connectivity index (χ1v) is 3.81. The Morgan fingerprint density at radius 2 is 2.23 bits per heavy atom. The highest BCUT2D eigenvalue weighted by molar-refractivity contribution is 5.80. The smallest absolute Gasteiger partial charge is 0.277 e. The van der Waals surface area contributed by atoms with Gasteiger partial charge < -0.3 is 15.8 Å². The van der Waals surface area contributed by atoms with E-state index in [0.717, 1.165) is 0 Å². The van der Waals surface area contributed by atoms with E-state index in [1.165, 1.54) is 14.0 Å². The number of nitrogens with two attached hydrogens (primary N) is 1. The lowest BCUT2D eigenvalue weighted by Crippen LogP contribution is -2.44. The Hall–Kier alpha value is -0.750. The molecular weight excluding hydrogens is 182 g/mol. The van der Waals surface area contributed by atoms with E-state index in [1.54, 1.807) is 0 Å². The van der Waals surface area contributed by atoms with Crippen molar-refractivity contribution in [2.45, 2.75) is 19.0 Å². The van der Waals surface area contributed by atoms with Crippen molar-refractivity contribution in [1.29, 1.82) is 0 Å². The van der Waals surface area contributed by atoms with Crippen molar-refractivity contribution in [2.24, 2.45) is 5.73 Å². The number of hydrogen-bond donors (Lipinski definition) is 2. The topological polar surface area (TPSA) is 64.3 Å². The highest BCUT2D eigenvalue weighted by Crippen LogP contribution is 2.08. The maximum absolute atomic E-state index is 12.5. The molecule has 6 heteroatoms. The second kappa shape index (κ2) is 5.08. The summed E-state index contributed by atoms with van der Waals surface area (Å²) in [7, 11) is 1.32. The van der Waals surface area contributed by atoms with Crippen LogP contribution in [-0.4, -0.2) is 38.1 Å². The first-order valence-electron chi connectivity index (χ1n) is 3.81. The average molecular weight is 196 g/mol. The molecule has 0 heterocycles. The number of methoxy groups -OCH3 is 1. The minimum atomic E-state index is -3.05. The molecule has 0 bridgehead atoms. The number of ether oxygens (including phenoxy) is 1. The monoisotopic (exact) mass is 196 g/mol. The number of nitrogens with one attached hydrogen (secondary N) is 1. The van der Waals surface area contributed by atoms with Crippen LogP contribution in [0.5, 0.6) is 0 Å². The van der Waals surface area contributed by atoms with Crippen molar-refractivity contribution in [3.05, 3.63) is 0 Å². The van der Waals surface area contributed by atoms with Gasteiger partial charge in [-0.2, -0.15) is 0 Å². The molecule has 0 rings (SSSR count). The normalized spacial score (nSPS) is 13.9. The fraction of sp³-hybridized carbons (Fsp3) is 0.857. The van der Waals surface area contributed by atoms with Crippen LogP contribution in [0.3, 0.4) is 0 Å². The summed E-state index contributed by atoms with van der Waals surface area (Å²) < 4.78 is 29.6. The van der Waals surface area contributed by atoms with Gasteiger partial charge in [-0.3, -0.25) is 4.79 Å². The lowest BCUT2D eigenvalue weighted by Gasteiger charge is -2.16. The molecular formula is C7H14F2N2O2. The summed E-state index contributed by atoms with van der Waals surface area (Å²) in [6, 6.07) is 0. The molecule has 1 amide bonds. The quantitative estimate of drug-likeness (QED) is 0.636. The number of alkyl halides is 2. The minimum Gasteiger partial charge on any atom is -0.372 e. The van der Waals surface area contributed by atoms with Crippen molar-refractivity contribution in [2.75, 3.05) is 20.2 Å². The van der Waals surface area contributed by atoms with Crippen LogP contribution < -0.4 is 11.1 Å². The van der Waals surface area contributed by atoms with Crippen LogP contribution in [0.4, 0.5) is 8.78 Å². The zero-order chi connectivity index (χ0) is 10.5. The van der Waals surface area contributed by atoms with Gasteiger partial charge in [0.15, 0.2) is 0 Å². The van der Waals surface area contributed by atoms with Crippen molar-refractivity contribution < 1.29 is 18.3 Å². The van der Waals surface area contributed by atoms with Gasteiger partial charge in [0.2, 0.25) is 5.91 Å². The van der Waals surface area contributed by atoms with Crippen LogP contribution >= 0.6 is 0 Å². The largest absolute Gasteiger partial charge is 0.372 e. The average Bonchev–Trinajstić information content (AvgIpc) is 2.13. The lowest BCUT2D eigenvalue weighted by atomic mass is 10.3. The molecule has 0 aliphatic heterocycles. The van der Waals surface area contributed by atoms with Crippen LogP contribution in [-0.2, 0) is 9.53 Å². The number of carbonyl (C=O) groups excluding carboxylic acids is 1. The summed E-state index contributed by atoms with van der Waals surface area (Å²) in [6.45, 7) is -0.0689. The Morgan fingerprint density at radius 1 is 1.69 bits per heavy atom. The van der Waals surface area contributed by atoms with Crippen LogP contribution in [0.2, 0.25) is 0 Å². The molecule has 0 saturated carbocycles. The molecule has 4 nitrogen and oxygen atoms in total. The van der Waals surface area contributed by atoms with E-state index < -0.39 is 31.0 Å². The predicted octanol–water partition coefficient (Wildman–Crippen LogP) is -0.268. The Bertz CT molecular complexity index is 176. The number of hydrogen-bond acceptors (Lipinski definition) is 3. The van der Waals surface area contributed by atoms with Gasteiger partial charge in [-0.15, -0.1) is 0 Å². The van der Waals surface area contributed by atoms with Crippen molar-refractivity contribution in [1.82, 2.24) is 5.32 Å². The number of rotatable bonds is 5. The zero-order valence-electron chi connectivity index (χ0n) is 7.64. The molecule has 0 aliphatic carbocycles. The molecule has 0 aromatic rings. The third kappa shape index (κ3) is 4.74. The molecule has 0 fully saturated rings. The molecule has 3 N–H and O–H groups in total. The summed E-state index contributed by atoms with van der Waals surface area (Å²) in [5.74, 6) is -3.63. The molecule has 0 aromatic carbocycles. The third-order valence-corrected chi connectivity index (χ3v) is 1.54. The summed E-state index contributed by atoms with van der Waals surface area (Å²) in [4.78, 5) is 10.9. The summed E-state index contributed by atoms with van der Waals surface area (Å²) >= 11 is 0. The summed E-state index contributed by atoms with van der Waals surface area (Å²) in [6.07, 6.45) is -0.728. The fourth-order valence-corrected chi connectivity index (χ4v) is 0.539. The highest BCUT2D eigenvalue weighted by atomic mass is 19.3. The van der Waals surface area contributed by atoms with Crippen LogP contribution in [0.1, 0.15) is 6.92 Å². The van der Waals surface area contributed by atoms with Gasteiger partial charge in [0, 0.05) is 7.11 Å². The van der Waals surface area contributed by atoms with E-state index in [4.69, 9.17) is 5.73 Å². The van der Waals surface area contributed by atoms with Crippen LogP contribution in [0.15, 0.2) is 0 Å². The highest BCUT2D eigenvalue weighted by Gasteiger charge is 2.27. The second-order valence-electron chi connectivity index (χ2n) is 2.66. The van der Waals surface area contributed by atoms with Gasteiger partial charge in [-0.25, -0.2) is 8.78 Å². The molecule has 0 saturated heterocycles. The summed E-state index contributed by atoms with van der Waals surface area (Å²) in [5.41, 5.74) is 4.77. The SMILES string of the molecule is COC(C)C(=O)NCC(F)(F)CN. The van der Waals surface area contributed by atoms with E-state index in [0.29, 0.717) is 0 Å². The van der Waals surface area contributed by atoms with Gasteiger partial charge >= 0.3 is 0 Å². The van der Waals surface area contributed by atoms with Gasteiger partial charge in [-0.05, 0) is 6.92 Å². The lowest BCUT2D eigenvalue weighted by molar-refractivity contribution is -0.131. The second-order valence-corrected chi connectivity index (χ2v) is 2.66. The molecule has 78 valence electrons. The van der Waals surface area contributed by atoms with E-state index in [9.17, 15) is 13.6 Å². The first kappa shape index (κ1) is 12.2. The zero-order valence-corrected chi connectivity index (χ0v) is 7.64. The summed E-state index contributed by atoms with van der Waals surface area (Å²) in [5, 5.41) is 2.03. The molecule has 1 unspecified atom stereocenters. The molecule has 0 radical (unpaired) electrons. The van der Waals surface area contributed by atoms with E-state index in [1.807, 2.05) is 5.32 Å². The van der Waals surface area contributed by atoms with Gasteiger partial charge in [0.25, 0.3) is 5.92 Å². The Kier molecular flexibility index (Phi) is 4.79. The maximum Gasteiger partial charge on any atom is 0.277 e. The van der Waals surface area contributed by atoms with E-state index >= 15 is 0 Å². The van der Waals surface area contributed by atoms with Crippen LogP contribution in [0, 0.1) is 0 Å². The van der Waals surface area contributed by atoms with Gasteiger partial charge in [-0.1, -0.05) is 0 Å². The maximum atomic E-state index is 12.5. The Morgan fingerprint density at radius 3 is 2.62 bits per heavy atom. The fourth-order valence-electron chi connectivity index (χ4n) is 0.539. The van der Waals surface area contributed by atoms with Gasteiger partial charge in [0.1, 0.15) is 6.10 Å². The molecule has 0 spiro atoms. The predicted molar refractivity (Wildman–Crippen MR) is 43.5 cm³/mol. The van der Waals surface area contributed by atoms with Crippen molar-refractivity contribution >= 4 is 5.91 Å². The number of halogens is 2. The van der Waals surface area contributed by atoms with Crippen molar-refractivity contribution in [3.63, 3.8) is 0 Å². The number of carbonyl (C=O) groups is 1. The first-order chi connectivity index (χ1) is 5.93. The van der Waals surface area contributed by atoms with E-state index in [-0.39, 0.29) is 0 Å². The minimum absolute atomic E-state index is 0.573. The Labute approximate surface area is 75.4 Å². The third-order valence-electron chi connectivity index (χ3n) is 1.54. The van der Waals surface area contributed by atoms with Crippen LogP contribution in [0.25, 0.3) is 0 Å². The molecule has 13 heavy (non-hydrogen) atoms. The van der Waals surface area contributed by atoms with Gasteiger partial charge in [0.05, 0.1) is 13.1 Å². The number of amides is 1. The standard InChI is InChI=1S/C7H14F2N2O2/c1-5(13-2)6(12)11-4-7(8,9)3-10/h5H,3-4,10H2,1-2H3,(H,11,12). The molecule has 0 aliphatic rings. The van der Waals surface area contributed by atoms with E-state index in [2.05, 4.69) is 4.74 Å². The molecule has 1 atom stereocenters. The van der Waals surface area contributed by atoms with Crippen molar-refractivity contribution in [3.8, 4) is 0 Å². The molecule has 0 aromatic heterocycles. The Balaban J connectivity index is 3.83.